The van der Waals surface area contributed by atoms with Crippen molar-refractivity contribution in [2.45, 2.75) is 13.3 Å². The molecule has 0 aliphatic carbocycles. The molecule has 24 heavy (non-hydrogen) atoms. The minimum atomic E-state index is -3.62. The fourth-order valence-electron chi connectivity index (χ4n) is 1.94. The van der Waals surface area contributed by atoms with Crippen LogP contribution in [0.15, 0.2) is 36.4 Å². The van der Waals surface area contributed by atoms with Gasteiger partial charge >= 0.3 is 0 Å². The molecule has 0 fully saturated rings. The van der Waals surface area contributed by atoms with Crippen LogP contribution in [0.25, 0.3) is 0 Å². The average Bonchev–Trinajstić information content (AvgIpc) is 2.49. The van der Waals surface area contributed by atoms with E-state index >= 15 is 0 Å². The van der Waals surface area contributed by atoms with Crippen molar-refractivity contribution >= 4 is 21.5 Å². The fraction of sp³-hybridized carbons (Fsp3) is 0.188. The lowest BCUT2D eigenvalue weighted by Crippen LogP contribution is -2.11. The van der Waals surface area contributed by atoms with Gasteiger partial charge in [0.1, 0.15) is 5.82 Å². The van der Waals surface area contributed by atoms with Gasteiger partial charge in [0.05, 0.1) is 11.9 Å². The Labute approximate surface area is 138 Å². The van der Waals surface area contributed by atoms with E-state index in [9.17, 15) is 22.0 Å². The van der Waals surface area contributed by atoms with Crippen molar-refractivity contribution < 1.29 is 26.7 Å². The van der Waals surface area contributed by atoms with Crippen molar-refractivity contribution in [3.63, 3.8) is 0 Å². The second-order valence-electron chi connectivity index (χ2n) is 5.04. The minimum absolute atomic E-state index is 0.0360. The standard InChI is InChI=1S/C16H15F2NO4S/c1-3-14(20)10-4-6-13(19-24(2,21)22)16(8-10)23-15-7-5-11(17)9-12(15)18/h4-9,19H,3H2,1-2H3. The van der Waals surface area contributed by atoms with Crippen LogP contribution in [0.4, 0.5) is 14.5 Å². The van der Waals surface area contributed by atoms with E-state index < -0.39 is 21.7 Å². The van der Waals surface area contributed by atoms with Gasteiger partial charge in [-0.3, -0.25) is 9.52 Å². The number of nitrogens with one attached hydrogen (secondary N) is 1. The van der Waals surface area contributed by atoms with E-state index in [-0.39, 0.29) is 35.0 Å². The molecule has 1 N–H and O–H groups in total. The van der Waals surface area contributed by atoms with Gasteiger partial charge in [-0.2, -0.15) is 0 Å². The zero-order chi connectivity index (χ0) is 17.9. The van der Waals surface area contributed by atoms with Gasteiger partial charge in [-0.15, -0.1) is 0 Å². The average molecular weight is 355 g/mol. The summed E-state index contributed by atoms with van der Waals surface area (Å²) in [6.07, 6.45) is 1.18. The second-order valence-corrected chi connectivity index (χ2v) is 6.79. The molecule has 2 rings (SSSR count). The number of sulfonamides is 1. The summed E-state index contributed by atoms with van der Waals surface area (Å²) in [6.45, 7) is 1.67. The SMILES string of the molecule is CCC(=O)c1ccc(NS(C)(=O)=O)c(Oc2ccc(F)cc2F)c1. The molecule has 0 aliphatic heterocycles. The van der Waals surface area contributed by atoms with Crippen LogP contribution >= 0.6 is 0 Å². The van der Waals surface area contributed by atoms with Crippen LogP contribution in [0.2, 0.25) is 0 Å². The molecule has 2 aromatic rings. The van der Waals surface area contributed by atoms with Crippen LogP contribution in [0.3, 0.4) is 0 Å². The van der Waals surface area contributed by atoms with Crippen molar-refractivity contribution in [2.75, 3.05) is 11.0 Å². The Morgan fingerprint density at radius 2 is 1.83 bits per heavy atom. The van der Waals surface area contributed by atoms with Gasteiger partial charge < -0.3 is 4.74 Å². The predicted molar refractivity (Wildman–Crippen MR) is 86.0 cm³/mol. The van der Waals surface area contributed by atoms with Crippen LogP contribution in [0, 0.1) is 11.6 Å². The monoisotopic (exact) mass is 355 g/mol. The number of rotatable bonds is 6. The molecule has 0 aromatic heterocycles. The summed E-state index contributed by atoms with van der Waals surface area (Å²) in [5.41, 5.74) is 0.322. The molecule has 0 unspecified atom stereocenters. The van der Waals surface area contributed by atoms with Crippen LogP contribution in [-0.4, -0.2) is 20.5 Å². The van der Waals surface area contributed by atoms with Gasteiger partial charge in [0.15, 0.2) is 23.1 Å². The van der Waals surface area contributed by atoms with Crippen LogP contribution in [-0.2, 0) is 10.0 Å². The molecular weight excluding hydrogens is 340 g/mol. The highest BCUT2D eigenvalue weighted by atomic mass is 32.2. The molecule has 2 aromatic carbocycles. The first-order valence-corrected chi connectivity index (χ1v) is 8.86. The lowest BCUT2D eigenvalue weighted by atomic mass is 10.1. The third-order valence-corrected chi connectivity index (χ3v) is 3.62. The number of halogens is 2. The van der Waals surface area contributed by atoms with Crippen molar-refractivity contribution in [3.8, 4) is 11.5 Å². The highest BCUT2D eigenvalue weighted by Crippen LogP contribution is 2.33. The maximum absolute atomic E-state index is 13.8. The number of hydrogen-bond acceptors (Lipinski definition) is 4. The molecule has 0 spiro atoms. The first kappa shape index (κ1) is 17.9. The summed E-state index contributed by atoms with van der Waals surface area (Å²) < 4.78 is 57.2. The van der Waals surface area contributed by atoms with E-state index in [1.165, 1.54) is 18.2 Å². The molecule has 0 heterocycles. The summed E-state index contributed by atoms with van der Waals surface area (Å²) in [5.74, 6) is -2.28. The normalized spacial score (nSPS) is 11.2. The lowest BCUT2D eigenvalue weighted by molar-refractivity contribution is 0.0988. The number of carbonyl (C=O) groups is 1. The zero-order valence-electron chi connectivity index (χ0n) is 13.0. The molecule has 0 atom stereocenters. The highest BCUT2D eigenvalue weighted by Gasteiger charge is 2.15. The van der Waals surface area contributed by atoms with Crippen molar-refractivity contribution in [2.24, 2.45) is 0 Å². The number of carbonyl (C=O) groups excluding carboxylic acids is 1. The quantitative estimate of drug-likeness (QED) is 0.802. The minimum Gasteiger partial charge on any atom is -0.452 e. The van der Waals surface area contributed by atoms with Gasteiger partial charge in [-0.05, 0) is 30.3 Å². The zero-order valence-corrected chi connectivity index (χ0v) is 13.8. The smallest absolute Gasteiger partial charge is 0.229 e. The molecule has 128 valence electrons. The van der Waals surface area contributed by atoms with E-state index in [0.717, 1.165) is 18.4 Å². The summed E-state index contributed by atoms with van der Waals surface area (Å²) in [5, 5.41) is 0. The highest BCUT2D eigenvalue weighted by molar-refractivity contribution is 7.92. The summed E-state index contributed by atoms with van der Waals surface area (Å²) in [4.78, 5) is 11.8. The molecule has 0 radical (unpaired) electrons. The number of ketones is 1. The third-order valence-electron chi connectivity index (χ3n) is 3.03. The maximum atomic E-state index is 13.8. The summed E-state index contributed by atoms with van der Waals surface area (Å²) >= 11 is 0. The molecule has 5 nitrogen and oxygen atoms in total. The largest absolute Gasteiger partial charge is 0.452 e. The molecule has 0 aliphatic rings. The van der Waals surface area contributed by atoms with Gasteiger partial charge in [0, 0.05) is 18.1 Å². The Kier molecular flexibility index (Phi) is 5.18. The van der Waals surface area contributed by atoms with Gasteiger partial charge in [-0.25, -0.2) is 17.2 Å². The third kappa shape index (κ3) is 4.51. The summed E-state index contributed by atoms with van der Waals surface area (Å²) in [6, 6.07) is 6.81. The number of hydrogen-bond donors (Lipinski definition) is 1. The molecule has 8 heteroatoms. The lowest BCUT2D eigenvalue weighted by Gasteiger charge is -2.14. The van der Waals surface area contributed by atoms with Crippen molar-refractivity contribution in [3.05, 3.63) is 53.6 Å². The number of ether oxygens (including phenoxy) is 1. The van der Waals surface area contributed by atoms with Gasteiger partial charge in [-0.1, -0.05) is 6.92 Å². The van der Waals surface area contributed by atoms with Crippen molar-refractivity contribution in [1.29, 1.82) is 0 Å². The first-order valence-electron chi connectivity index (χ1n) is 6.97. The Morgan fingerprint density at radius 3 is 2.42 bits per heavy atom. The molecule has 0 amide bonds. The van der Waals surface area contributed by atoms with E-state index in [2.05, 4.69) is 4.72 Å². The second kappa shape index (κ2) is 6.96. The number of Topliss-reactive ketones (excluding diaryl/α,β-unsaturated/α-hetero) is 1. The van der Waals surface area contributed by atoms with E-state index in [1.54, 1.807) is 6.92 Å². The fourth-order valence-corrected chi connectivity index (χ4v) is 2.51. The number of benzene rings is 2. The predicted octanol–water partition coefficient (Wildman–Crippen LogP) is 3.72. The maximum Gasteiger partial charge on any atom is 0.229 e. The Bertz CT molecular complexity index is 882. The Balaban J connectivity index is 2.48. The van der Waals surface area contributed by atoms with Crippen LogP contribution < -0.4 is 9.46 Å². The Hall–Kier alpha value is -2.48. The number of anilines is 1. The van der Waals surface area contributed by atoms with Gasteiger partial charge in [0.25, 0.3) is 0 Å². The topological polar surface area (TPSA) is 72.5 Å². The molecule has 0 bridgehead atoms. The molecule has 0 saturated heterocycles. The van der Waals surface area contributed by atoms with Crippen LogP contribution in [0.1, 0.15) is 23.7 Å². The Morgan fingerprint density at radius 1 is 1.12 bits per heavy atom. The van der Waals surface area contributed by atoms with Crippen LogP contribution in [0.5, 0.6) is 11.5 Å². The summed E-state index contributed by atoms with van der Waals surface area (Å²) in [7, 11) is -3.62. The first-order chi connectivity index (χ1) is 11.2. The van der Waals surface area contributed by atoms with E-state index in [0.29, 0.717) is 6.07 Å². The molecule has 0 saturated carbocycles. The van der Waals surface area contributed by atoms with Crippen molar-refractivity contribution in [1.82, 2.24) is 0 Å². The molecular formula is C16H15F2NO4S. The van der Waals surface area contributed by atoms with E-state index in [4.69, 9.17) is 4.74 Å². The van der Waals surface area contributed by atoms with Gasteiger partial charge in [0.2, 0.25) is 10.0 Å². The van der Waals surface area contributed by atoms with E-state index in [1.807, 2.05) is 0 Å².